The summed E-state index contributed by atoms with van der Waals surface area (Å²) in [7, 11) is -4.26. The molecule has 0 bridgehead atoms. The van der Waals surface area contributed by atoms with Gasteiger partial charge in [0, 0.05) is 18.3 Å². The standard InChI is InChI=1S/C12H9F3N2O3S/c13-8-3-10(15)11(4-9(8)14)17-21(19,20)12-2-1-7(6-18)5-16-12/h1-5,17-18H,6H2. The summed E-state index contributed by atoms with van der Waals surface area (Å²) in [6, 6.07) is 3.02. The number of aliphatic hydroxyl groups excluding tert-OH is 1. The van der Waals surface area contributed by atoms with E-state index in [-0.39, 0.29) is 12.7 Å². The fourth-order valence-electron chi connectivity index (χ4n) is 1.46. The van der Waals surface area contributed by atoms with E-state index in [1.165, 1.54) is 6.07 Å². The SMILES string of the molecule is O=S(=O)(Nc1cc(F)c(F)cc1F)c1ccc(CO)cn1. The lowest BCUT2D eigenvalue weighted by Crippen LogP contribution is -2.16. The van der Waals surface area contributed by atoms with E-state index in [0.717, 1.165) is 12.3 Å². The number of hydrogen-bond acceptors (Lipinski definition) is 4. The molecule has 0 atom stereocenters. The highest BCUT2D eigenvalue weighted by Crippen LogP contribution is 2.21. The van der Waals surface area contributed by atoms with Crippen molar-refractivity contribution in [1.29, 1.82) is 0 Å². The van der Waals surface area contributed by atoms with Crippen molar-refractivity contribution in [3.8, 4) is 0 Å². The minimum absolute atomic E-state index is 0.232. The average molecular weight is 318 g/mol. The van der Waals surface area contributed by atoms with Gasteiger partial charge in [-0.05, 0) is 11.6 Å². The minimum Gasteiger partial charge on any atom is -0.392 e. The molecule has 21 heavy (non-hydrogen) atoms. The number of pyridine rings is 1. The predicted octanol–water partition coefficient (Wildman–Crippen LogP) is 1.79. The van der Waals surface area contributed by atoms with Crippen LogP contribution in [0, 0.1) is 17.5 Å². The number of benzene rings is 1. The summed E-state index contributed by atoms with van der Waals surface area (Å²) >= 11 is 0. The van der Waals surface area contributed by atoms with Gasteiger partial charge in [-0.3, -0.25) is 4.72 Å². The topological polar surface area (TPSA) is 79.3 Å². The molecule has 9 heteroatoms. The molecule has 0 saturated heterocycles. The molecule has 0 spiro atoms. The van der Waals surface area contributed by atoms with Crippen LogP contribution in [0.3, 0.4) is 0 Å². The van der Waals surface area contributed by atoms with Gasteiger partial charge < -0.3 is 5.11 Å². The van der Waals surface area contributed by atoms with E-state index in [1.54, 1.807) is 4.72 Å². The lowest BCUT2D eigenvalue weighted by molar-refractivity contribution is 0.281. The Bertz CT molecular complexity index is 764. The van der Waals surface area contributed by atoms with Crippen LogP contribution in [0.15, 0.2) is 35.5 Å². The highest BCUT2D eigenvalue weighted by molar-refractivity contribution is 7.92. The number of halogens is 3. The summed E-state index contributed by atoms with van der Waals surface area (Å²) in [5.41, 5.74) is -0.352. The minimum atomic E-state index is -4.26. The lowest BCUT2D eigenvalue weighted by Gasteiger charge is -2.09. The van der Waals surface area contributed by atoms with Gasteiger partial charge in [0.2, 0.25) is 0 Å². The maximum atomic E-state index is 13.4. The molecule has 2 aromatic rings. The first kappa shape index (κ1) is 15.3. The van der Waals surface area contributed by atoms with Crippen molar-refractivity contribution in [1.82, 2.24) is 4.98 Å². The lowest BCUT2D eigenvalue weighted by atomic mass is 10.3. The monoisotopic (exact) mass is 318 g/mol. The molecule has 0 saturated carbocycles. The van der Waals surface area contributed by atoms with Crippen molar-refractivity contribution >= 4 is 15.7 Å². The Balaban J connectivity index is 2.34. The van der Waals surface area contributed by atoms with Crippen LogP contribution in [-0.4, -0.2) is 18.5 Å². The van der Waals surface area contributed by atoms with E-state index in [1.807, 2.05) is 0 Å². The summed E-state index contributed by atoms with van der Waals surface area (Å²) in [5, 5.41) is 8.37. The van der Waals surface area contributed by atoms with E-state index in [9.17, 15) is 21.6 Å². The first-order valence-electron chi connectivity index (χ1n) is 5.56. The van der Waals surface area contributed by atoms with Gasteiger partial charge in [-0.2, -0.15) is 8.42 Å². The van der Waals surface area contributed by atoms with E-state index in [4.69, 9.17) is 5.11 Å². The zero-order chi connectivity index (χ0) is 15.6. The molecule has 0 unspecified atom stereocenters. The molecular formula is C12H9F3N2O3S. The molecule has 1 aromatic heterocycles. The molecule has 0 aliphatic heterocycles. The number of aliphatic hydroxyl groups is 1. The van der Waals surface area contributed by atoms with Crippen molar-refractivity contribution < 1.29 is 26.7 Å². The Labute approximate surface area is 118 Å². The second-order valence-corrected chi connectivity index (χ2v) is 5.64. The van der Waals surface area contributed by atoms with Crippen LogP contribution in [0.2, 0.25) is 0 Å². The normalized spacial score (nSPS) is 11.4. The van der Waals surface area contributed by atoms with Crippen molar-refractivity contribution in [2.24, 2.45) is 0 Å². The molecule has 0 radical (unpaired) electrons. The summed E-state index contributed by atoms with van der Waals surface area (Å²) in [6.07, 6.45) is 1.12. The molecule has 112 valence electrons. The second kappa shape index (κ2) is 5.70. The van der Waals surface area contributed by atoms with Gasteiger partial charge in [-0.1, -0.05) is 6.07 Å². The van der Waals surface area contributed by atoms with E-state index < -0.39 is 38.2 Å². The first-order chi connectivity index (χ1) is 9.83. The number of nitrogens with one attached hydrogen (secondary N) is 1. The maximum absolute atomic E-state index is 13.4. The van der Waals surface area contributed by atoms with Crippen LogP contribution >= 0.6 is 0 Å². The van der Waals surface area contributed by atoms with Gasteiger partial charge in [0.05, 0.1) is 12.3 Å². The van der Waals surface area contributed by atoms with Gasteiger partial charge in [0.25, 0.3) is 10.0 Å². The molecule has 0 aliphatic rings. The number of rotatable bonds is 4. The first-order valence-corrected chi connectivity index (χ1v) is 7.05. The number of sulfonamides is 1. The third kappa shape index (κ3) is 3.31. The Morgan fingerprint density at radius 2 is 1.76 bits per heavy atom. The molecule has 1 aromatic carbocycles. The summed E-state index contributed by atoms with van der Waals surface area (Å²) in [5.74, 6) is -4.08. The second-order valence-electron chi connectivity index (χ2n) is 4.01. The third-order valence-electron chi connectivity index (χ3n) is 2.51. The third-order valence-corrected chi connectivity index (χ3v) is 3.79. The number of hydrogen-bond donors (Lipinski definition) is 2. The fourth-order valence-corrected chi connectivity index (χ4v) is 2.45. The van der Waals surface area contributed by atoms with Crippen molar-refractivity contribution in [3.63, 3.8) is 0 Å². The summed E-state index contributed by atoms with van der Waals surface area (Å²) in [4.78, 5) is 3.59. The number of aromatic nitrogens is 1. The average Bonchev–Trinajstić information content (AvgIpc) is 2.44. The molecule has 5 nitrogen and oxygen atoms in total. The van der Waals surface area contributed by atoms with Gasteiger partial charge in [-0.25, -0.2) is 18.2 Å². The van der Waals surface area contributed by atoms with Gasteiger partial charge >= 0.3 is 0 Å². The van der Waals surface area contributed by atoms with Crippen LogP contribution in [0.1, 0.15) is 5.56 Å². The largest absolute Gasteiger partial charge is 0.392 e. The van der Waals surface area contributed by atoms with E-state index in [2.05, 4.69) is 4.98 Å². The molecule has 0 aliphatic carbocycles. The van der Waals surface area contributed by atoms with E-state index >= 15 is 0 Å². The predicted molar refractivity (Wildman–Crippen MR) is 67.3 cm³/mol. The van der Waals surface area contributed by atoms with Crippen molar-refractivity contribution in [3.05, 3.63) is 53.5 Å². The highest BCUT2D eigenvalue weighted by atomic mass is 32.2. The highest BCUT2D eigenvalue weighted by Gasteiger charge is 2.19. The Morgan fingerprint density at radius 3 is 2.33 bits per heavy atom. The summed E-state index contributed by atoms with van der Waals surface area (Å²) in [6.45, 7) is -0.321. The van der Waals surface area contributed by atoms with Crippen molar-refractivity contribution in [2.75, 3.05) is 4.72 Å². The number of nitrogens with zero attached hydrogens (tertiary/aromatic N) is 1. The zero-order valence-electron chi connectivity index (χ0n) is 10.3. The summed E-state index contributed by atoms with van der Waals surface area (Å²) < 4.78 is 64.8. The Hall–Kier alpha value is -2.13. The van der Waals surface area contributed by atoms with Crippen LogP contribution in [-0.2, 0) is 16.6 Å². The van der Waals surface area contributed by atoms with Gasteiger partial charge in [0.1, 0.15) is 5.82 Å². The van der Waals surface area contributed by atoms with Crippen molar-refractivity contribution in [2.45, 2.75) is 11.6 Å². The molecule has 0 fully saturated rings. The van der Waals surface area contributed by atoms with Crippen LogP contribution in [0.25, 0.3) is 0 Å². The molecule has 0 amide bonds. The van der Waals surface area contributed by atoms with Gasteiger partial charge in [-0.15, -0.1) is 0 Å². The Kier molecular flexibility index (Phi) is 4.14. The van der Waals surface area contributed by atoms with Crippen LogP contribution in [0.5, 0.6) is 0 Å². The number of anilines is 1. The smallest absolute Gasteiger partial charge is 0.279 e. The molecular weight excluding hydrogens is 309 g/mol. The fraction of sp³-hybridized carbons (Fsp3) is 0.0833. The molecule has 2 N–H and O–H groups in total. The van der Waals surface area contributed by atoms with Crippen LogP contribution < -0.4 is 4.72 Å². The maximum Gasteiger partial charge on any atom is 0.279 e. The zero-order valence-corrected chi connectivity index (χ0v) is 11.2. The molecule has 1 heterocycles. The Morgan fingerprint density at radius 1 is 1.10 bits per heavy atom. The quantitative estimate of drug-likeness (QED) is 0.843. The van der Waals surface area contributed by atoms with Crippen LogP contribution in [0.4, 0.5) is 18.9 Å². The van der Waals surface area contributed by atoms with E-state index in [0.29, 0.717) is 11.6 Å². The molecule has 2 rings (SSSR count). The van der Waals surface area contributed by atoms with Gasteiger partial charge in [0.15, 0.2) is 16.7 Å².